The highest BCUT2D eigenvalue weighted by Crippen LogP contribution is 2.17. The van der Waals surface area contributed by atoms with Crippen molar-refractivity contribution in [2.75, 3.05) is 17.5 Å². The van der Waals surface area contributed by atoms with Crippen LogP contribution in [0.15, 0.2) is 42.5 Å². The average Bonchev–Trinajstić information content (AvgIpc) is 2.53. The summed E-state index contributed by atoms with van der Waals surface area (Å²) in [4.78, 5) is 12.2. The number of carbonyl (C=O) groups is 1. The molecule has 0 aliphatic carbocycles. The van der Waals surface area contributed by atoms with Gasteiger partial charge in [0.2, 0.25) is 10.0 Å². The van der Waals surface area contributed by atoms with Crippen LogP contribution in [0.25, 0.3) is 0 Å². The molecule has 2 aromatic carbocycles. The molecule has 1 amide bonds. The van der Waals surface area contributed by atoms with Gasteiger partial charge < -0.3 is 5.32 Å². The molecule has 0 unspecified atom stereocenters. The Bertz CT molecular complexity index is 843. The Morgan fingerprint density at radius 3 is 2.32 bits per heavy atom. The van der Waals surface area contributed by atoms with E-state index in [4.69, 9.17) is 0 Å². The highest BCUT2D eigenvalue weighted by Gasteiger charge is 2.09. The van der Waals surface area contributed by atoms with Gasteiger partial charge in [0.15, 0.2) is 0 Å². The second-order valence-corrected chi connectivity index (χ2v) is 8.00. The Morgan fingerprint density at radius 2 is 1.72 bits per heavy atom. The molecule has 0 aliphatic heterocycles. The van der Waals surface area contributed by atoms with E-state index >= 15 is 0 Å². The molecule has 0 fully saturated rings. The van der Waals surface area contributed by atoms with Gasteiger partial charge in [0.25, 0.3) is 5.91 Å². The van der Waals surface area contributed by atoms with Gasteiger partial charge in [-0.15, -0.1) is 0 Å². The third-order valence-corrected chi connectivity index (χ3v) is 4.42. The first kappa shape index (κ1) is 19.0. The summed E-state index contributed by atoms with van der Waals surface area (Å²) >= 11 is 0. The SMILES string of the molecule is Cc1ccc(CCCNC(=O)c2ccc(NS(C)(=O)=O)c(C)c2)cc1. The largest absolute Gasteiger partial charge is 0.352 e. The molecule has 0 aliphatic rings. The molecule has 2 rings (SSSR count). The number of benzene rings is 2. The van der Waals surface area contributed by atoms with E-state index in [0.29, 0.717) is 23.4 Å². The second kappa shape index (κ2) is 8.16. The summed E-state index contributed by atoms with van der Waals surface area (Å²) in [6, 6.07) is 13.3. The molecule has 0 saturated carbocycles. The minimum atomic E-state index is -3.33. The molecule has 2 N–H and O–H groups in total. The summed E-state index contributed by atoms with van der Waals surface area (Å²) in [6.07, 6.45) is 2.87. The van der Waals surface area contributed by atoms with Crippen molar-refractivity contribution in [2.24, 2.45) is 0 Å². The summed E-state index contributed by atoms with van der Waals surface area (Å²) in [5, 5.41) is 2.90. The number of carbonyl (C=O) groups excluding carboxylic acids is 1. The quantitative estimate of drug-likeness (QED) is 0.745. The number of sulfonamides is 1. The zero-order chi connectivity index (χ0) is 18.4. The van der Waals surface area contributed by atoms with Crippen molar-refractivity contribution in [1.82, 2.24) is 5.32 Å². The summed E-state index contributed by atoms with van der Waals surface area (Å²) < 4.78 is 25.0. The van der Waals surface area contributed by atoms with Crippen LogP contribution in [0.2, 0.25) is 0 Å². The van der Waals surface area contributed by atoms with Gasteiger partial charge >= 0.3 is 0 Å². The van der Waals surface area contributed by atoms with Crippen LogP contribution in [0.5, 0.6) is 0 Å². The monoisotopic (exact) mass is 360 g/mol. The fourth-order valence-corrected chi connectivity index (χ4v) is 3.10. The van der Waals surface area contributed by atoms with Crippen LogP contribution in [0.1, 0.15) is 33.5 Å². The molecule has 0 aromatic heterocycles. The van der Waals surface area contributed by atoms with Gasteiger partial charge in [0.1, 0.15) is 0 Å². The van der Waals surface area contributed by atoms with E-state index < -0.39 is 10.0 Å². The summed E-state index contributed by atoms with van der Waals surface area (Å²) in [7, 11) is -3.33. The van der Waals surface area contributed by atoms with E-state index in [-0.39, 0.29) is 5.91 Å². The fraction of sp³-hybridized carbons (Fsp3) is 0.316. The third kappa shape index (κ3) is 6.23. The standard InChI is InChI=1S/C19H24N2O3S/c1-14-6-8-16(9-7-14)5-4-12-20-19(22)17-10-11-18(15(2)13-17)21-25(3,23)24/h6-11,13,21H,4-5,12H2,1-3H3,(H,20,22). The second-order valence-electron chi connectivity index (χ2n) is 6.25. The number of aryl methyl sites for hydroxylation is 3. The maximum absolute atomic E-state index is 12.2. The van der Waals surface area contributed by atoms with E-state index in [1.165, 1.54) is 11.1 Å². The first-order valence-electron chi connectivity index (χ1n) is 8.17. The predicted molar refractivity (Wildman–Crippen MR) is 101 cm³/mol. The van der Waals surface area contributed by atoms with Crippen molar-refractivity contribution in [1.29, 1.82) is 0 Å². The van der Waals surface area contributed by atoms with Gasteiger partial charge in [0.05, 0.1) is 11.9 Å². The van der Waals surface area contributed by atoms with E-state index in [1.807, 2.05) is 0 Å². The van der Waals surface area contributed by atoms with Gasteiger partial charge in [-0.2, -0.15) is 0 Å². The third-order valence-electron chi connectivity index (χ3n) is 3.83. The number of rotatable bonds is 7. The molecule has 5 nitrogen and oxygen atoms in total. The van der Waals surface area contributed by atoms with Crippen molar-refractivity contribution in [3.05, 3.63) is 64.7 Å². The van der Waals surface area contributed by atoms with Crippen molar-refractivity contribution in [2.45, 2.75) is 26.7 Å². The summed E-state index contributed by atoms with van der Waals surface area (Å²) in [6.45, 7) is 4.42. The zero-order valence-corrected chi connectivity index (χ0v) is 15.6. The first-order valence-corrected chi connectivity index (χ1v) is 10.1. The fourth-order valence-electron chi connectivity index (χ4n) is 2.47. The van der Waals surface area contributed by atoms with Crippen LogP contribution in [0.3, 0.4) is 0 Å². The first-order chi connectivity index (χ1) is 11.7. The van der Waals surface area contributed by atoms with Crippen molar-refractivity contribution < 1.29 is 13.2 Å². The van der Waals surface area contributed by atoms with Crippen LogP contribution in [0.4, 0.5) is 5.69 Å². The van der Waals surface area contributed by atoms with E-state index in [2.05, 4.69) is 41.2 Å². The molecule has 0 heterocycles. The summed E-state index contributed by atoms with van der Waals surface area (Å²) in [5.74, 6) is -0.155. The number of hydrogen-bond acceptors (Lipinski definition) is 3. The van der Waals surface area contributed by atoms with Crippen molar-refractivity contribution >= 4 is 21.6 Å². The molecule has 134 valence electrons. The van der Waals surface area contributed by atoms with Gasteiger partial charge in [-0.3, -0.25) is 9.52 Å². The number of nitrogens with one attached hydrogen (secondary N) is 2. The topological polar surface area (TPSA) is 75.3 Å². The maximum atomic E-state index is 12.2. The lowest BCUT2D eigenvalue weighted by molar-refractivity contribution is 0.0953. The molecule has 0 bridgehead atoms. The molecule has 6 heteroatoms. The molecular weight excluding hydrogens is 336 g/mol. The Hall–Kier alpha value is -2.34. The lowest BCUT2D eigenvalue weighted by Gasteiger charge is -2.10. The Labute approximate surface area is 149 Å². The van der Waals surface area contributed by atoms with Crippen LogP contribution in [0, 0.1) is 13.8 Å². The Kier molecular flexibility index (Phi) is 6.20. The van der Waals surface area contributed by atoms with Crippen molar-refractivity contribution in [3.8, 4) is 0 Å². The maximum Gasteiger partial charge on any atom is 0.251 e. The van der Waals surface area contributed by atoms with Gasteiger partial charge in [0, 0.05) is 12.1 Å². The Balaban J connectivity index is 1.86. The minimum absolute atomic E-state index is 0.155. The highest BCUT2D eigenvalue weighted by atomic mass is 32.2. The molecule has 0 saturated heterocycles. The van der Waals surface area contributed by atoms with Crippen LogP contribution in [-0.4, -0.2) is 27.1 Å². The van der Waals surface area contributed by atoms with Gasteiger partial charge in [-0.25, -0.2) is 8.42 Å². The smallest absolute Gasteiger partial charge is 0.251 e. The number of anilines is 1. The molecule has 0 radical (unpaired) electrons. The molecule has 0 spiro atoms. The molecule has 0 atom stereocenters. The van der Waals surface area contributed by atoms with E-state index in [1.54, 1.807) is 25.1 Å². The highest BCUT2D eigenvalue weighted by molar-refractivity contribution is 7.92. The van der Waals surface area contributed by atoms with Crippen LogP contribution in [-0.2, 0) is 16.4 Å². The zero-order valence-electron chi connectivity index (χ0n) is 14.8. The summed E-state index contributed by atoms with van der Waals surface area (Å²) in [5.41, 5.74) is 4.20. The van der Waals surface area contributed by atoms with E-state index in [9.17, 15) is 13.2 Å². The Morgan fingerprint density at radius 1 is 1.04 bits per heavy atom. The number of hydrogen-bond donors (Lipinski definition) is 2. The lowest BCUT2D eigenvalue weighted by atomic mass is 10.1. The molecule has 25 heavy (non-hydrogen) atoms. The van der Waals surface area contributed by atoms with Gasteiger partial charge in [-0.05, 0) is 56.0 Å². The van der Waals surface area contributed by atoms with Crippen molar-refractivity contribution in [3.63, 3.8) is 0 Å². The number of amides is 1. The molecule has 2 aromatic rings. The van der Waals surface area contributed by atoms with Crippen LogP contribution >= 0.6 is 0 Å². The van der Waals surface area contributed by atoms with Crippen LogP contribution < -0.4 is 10.0 Å². The normalized spacial score (nSPS) is 11.2. The minimum Gasteiger partial charge on any atom is -0.352 e. The van der Waals surface area contributed by atoms with Gasteiger partial charge in [-0.1, -0.05) is 29.8 Å². The lowest BCUT2D eigenvalue weighted by Crippen LogP contribution is -2.25. The predicted octanol–water partition coefficient (Wildman–Crippen LogP) is 3.04. The van der Waals surface area contributed by atoms with E-state index in [0.717, 1.165) is 19.1 Å². The average molecular weight is 360 g/mol. The molecular formula is C19H24N2O3S.